The van der Waals surface area contributed by atoms with Gasteiger partial charge in [-0.1, -0.05) is 0 Å². The molecule has 1 saturated heterocycles. The van der Waals surface area contributed by atoms with Crippen LogP contribution in [0.1, 0.15) is 44.9 Å². The first-order valence-electron chi connectivity index (χ1n) is 10.8. The Labute approximate surface area is 172 Å². The minimum atomic E-state index is -3.65. The Morgan fingerprint density at radius 2 is 1.72 bits per heavy atom. The second-order valence-corrected chi connectivity index (χ2v) is 11.3. The number of sulfonamides is 1. The van der Waals surface area contributed by atoms with Crippen molar-refractivity contribution in [3.63, 3.8) is 0 Å². The van der Waals surface area contributed by atoms with Crippen molar-refractivity contribution in [3.8, 4) is 0 Å². The van der Waals surface area contributed by atoms with Gasteiger partial charge in [-0.25, -0.2) is 13.4 Å². The second-order valence-electron chi connectivity index (χ2n) is 9.40. The summed E-state index contributed by atoms with van der Waals surface area (Å²) in [7, 11) is -2.20. The van der Waals surface area contributed by atoms with Gasteiger partial charge in [-0.2, -0.15) is 9.04 Å². The van der Waals surface area contributed by atoms with Crippen molar-refractivity contribution in [2.45, 2.75) is 56.0 Å². The average molecular weight is 423 g/mol. The molecule has 0 aromatic carbocycles. The number of amides is 1. The Morgan fingerprint density at radius 1 is 1.10 bits per heavy atom. The summed E-state index contributed by atoms with van der Waals surface area (Å²) < 4.78 is 28.2. The highest BCUT2D eigenvalue weighted by Crippen LogP contribution is 2.53. The van der Waals surface area contributed by atoms with Gasteiger partial charge in [0.15, 0.2) is 5.03 Å². The van der Waals surface area contributed by atoms with E-state index < -0.39 is 10.0 Å². The molecule has 2 heterocycles. The lowest BCUT2D eigenvalue weighted by atomic mass is 9.54. The molecule has 0 radical (unpaired) electrons. The quantitative estimate of drug-likeness (QED) is 0.772. The fourth-order valence-corrected chi connectivity index (χ4v) is 7.83. The monoisotopic (exact) mass is 422 g/mol. The van der Waals surface area contributed by atoms with Crippen LogP contribution in [0.4, 0.5) is 0 Å². The smallest absolute Gasteiger partial charge is 0.262 e. The standard InChI is InChI=1S/C20H30N4O4S/c1-28-23-11-18(21-12-23)29(26,27)24-4-2-15(3-5-24)20(25)22-19-16-7-13-6-14(9-16)10-17(19)8-13/h11-17,19H,2-10H2,1H3,(H,22,25). The number of nitrogens with zero attached hydrogens (tertiary/aromatic N) is 3. The van der Waals surface area contributed by atoms with Crippen molar-refractivity contribution in [3.05, 3.63) is 12.5 Å². The lowest BCUT2D eigenvalue weighted by Gasteiger charge is -2.54. The fourth-order valence-electron chi connectivity index (χ4n) is 6.46. The molecule has 9 heteroatoms. The number of hydrogen-bond donors (Lipinski definition) is 1. The van der Waals surface area contributed by atoms with Crippen molar-refractivity contribution in [1.82, 2.24) is 19.3 Å². The summed E-state index contributed by atoms with van der Waals surface area (Å²) in [5.41, 5.74) is 0. The van der Waals surface area contributed by atoms with Crippen molar-refractivity contribution in [1.29, 1.82) is 0 Å². The predicted octanol–water partition coefficient (Wildman–Crippen LogP) is 1.28. The minimum absolute atomic E-state index is 0.0177. The summed E-state index contributed by atoms with van der Waals surface area (Å²) in [5, 5.41) is 3.37. The molecule has 8 nitrogen and oxygen atoms in total. The van der Waals surface area contributed by atoms with E-state index >= 15 is 0 Å². The van der Waals surface area contributed by atoms with Gasteiger partial charge in [-0.3, -0.25) is 4.79 Å². The highest BCUT2D eigenvalue weighted by molar-refractivity contribution is 7.89. The number of imidazole rings is 1. The van der Waals surface area contributed by atoms with Crippen molar-refractivity contribution < 1.29 is 18.0 Å². The molecule has 1 amide bonds. The number of piperidine rings is 1. The molecule has 1 aromatic rings. The zero-order valence-corrected chi connectivity index (χ0v) is 17.7. The third-order valence-electron chi connectivity index (χ3n) is 7.71. The molecule has 6 rings (SSSR count). The molecule has 1 N–H and O–H groups in total. The molecule has 4 aliphatic carbocycles. The fraction of sp³-hybridized carbons (Fsp3) is 0.800. The van der Waals surface area contributed by atoms with Gasteiger partial charge < -0.3 is 10.2 Å². The molecule has 0 atom stereocenters. The first-order chi connectivity index (χ1) is 13.9. The summed E-state index contributed by atoms with van der Waals surface area (Å²) in [5.74, 6) is 3.12. The zero-order valence-electron chi connectivity index (χ0n) is 16.9. The van der Waals surface area contributed by atoms with E-state index in [9.17, 15) is 13.2 Å². The molecule has 0 unspecified atom stereocenters. The number of carbonyl (C=O) groups is 1. The molecule has 29 heavy (non-hydrogen) atoms. The zero-order chi connectivity index (χ0) is 20.2. The summed E-state index contributed by atoms with van der Waals surface area (Å²) in [4.78, 5) is 21.8. The summed E-state index contributed by atoms with van der Waals surface area (Å²) >= 11 is 0. The summed E-state index contributed by atoms with van der Waals surface area (Å²) in [6, 6.07) is 0.343. The van der Waals surface area contributed by atoms with Gasteiger partial charge in [-0.15, -0.1) is 0 Å². The van der Waals surface area contributed by atoms with E-state index in [0.717, 1.165) is 11.8 Å². The first kappa shape index (κ1) is 19.4. The molecule has 0 spiro atoms. The number of hydrogen-bond acceptors (Lipinski definition) is 5. The number of carbonyl (C=O) groups excluding carboxylic acids is 1. The Hall–Kier alpha value is -1.61. The first-order valence-corrected chi connectivity index (χ1v) is 12.3. The highest BCUT2D eigenvalue weighted by atomic mass is 32.2. The average Bonchev–Trinajstić information content (AvgIpc) is 3.20. The highest BCUT2D eigenvalue weighted by Gasteiger charge is 2.49. The number of rotatable bonds is 5. The van der Waals surface area contributed by atoms with E-state index in [4.69, 9.17) is 4.84 Å². The van der Waals surface area contributed by atoms with Crippen molar-refractivity contribution in [2.24, 2.45) is 29.6 Å². The van der Waals surface area contributed by atoms with Crippen LogP contribution >= 0.6 is 0 Å². The SMILES string of the molecule is COn1cnc(S(=O)(=O)N2CCC(C(=O)NC3C4CC5CC(C4)CC3C5)CC2)c1. The van der Waals surface area contributed by atoms with E-state index in [2.05, 4.69) is 10.3 Å². The number of nitrogens with one attached hydrogen (secondary N) is 1. The third-order valence-corrected chi connectivity index (χ3v) is 9.50. The van der Waals surface area contributed by atoms with E-state index in [-0.39, 0.29) is 16.9 Å². The third kappa shape index (κ3) is 3.46. The Kier molecular flexibility index (Phi) is 4.85. The minimum Gasteiger partial charge on any atom is -0.416 e. The topological polar surface area (TPSA) is 93.5 Å². The van der Waals surface area contributed by atoms with Crippen LogP contribution < -0.4 is 10.2 Å². The predicted molar refractivity (Wildman–Crippen MR) is 105 cm³/mol. The van der Waals surface area contributed by atoms with Gasteiger partial charge in [0.1, 0.15) is 13.4 Å². The van der Waals surface area contributed by atoms with Crippen LogP contribution in [-0.2, 0) is 14.8 Å². The van der Waals surface area contributed by atoms with E-state index in [1.165, 1.54) is 60.8 Å². The largest absolute Gasteiger partial charge is 0.416 e. The summed E-state index contributed by atoms with van der Waals surface area (Å²) in [6.45, 7) is 0.698. The van der Waals surface area contributed by atoms with Gasteiger partial charge >= 0.3 is 0 Å². The maximum atomic E-state index is 12.9. The molecule has 5 aliphatic rings. The van der Waals surface area contributed by atoms with E-state index in [1.807, 2.05) is 0 Å². The van der Waals surface area contributed by atoms with Crippen LogP contribution in [0.25, 0.3) is 0 Å². The van der Waals surface area contributed by atoms with Crippen LogP contribution in [0.5, 0.6) is 0 Å². The van der Waals surface area contributed by atoms with Crippen LogP contribution in [0.3, 0.4) is 0 Å². The van der Waals surface area contributed by atoms with Gasteiger partial charge in [0.05, 0.1) is 6.20 Å². The molecule has 1 aliphatic heterocycles. The summed E-state index contributed by atoms with van der Waals surface area (Å²) in [6.07, 6.45) is 10.3. The van der Waals surface area contributed by atoms with E-state index in [0.29, 0.717) is 43.8 Å². The molecule has 5 fully saturated rings. The van der Waals surface area contributed by atoms with Crippen LogP contribution in [0.2, 0.25) is 0 Å². The molecular weight excluding hydrogens is 392 g/mol. The van der Waals surface area contributed by atoms with E-state index in [1.54, 1.807) is 0 Å². The Morgan fingerprint density at radius 3 is 2.28 bits per heavy atom. The van der Waals surface area contributed by atoms with Gasteiger partial charge in [0.2, 0.25) is 5.91 Å². The van der Waals surface area contributed by atoms with Gasteiger partial charge in [0.25, 0.3) is 10.0 Å². The van der Waals surface area contributed by atoms with Gasteiger partial charge in [0, 0.05) is 25.0 Å². The number of aromatic nitrogens is 2. The van der Waals surface area contributed by atoms with Crippen LogP contribution in [-0.4, -0.2) is 54.6 Å². The lowest BCUT2D eigenvalue weighted by Crippen LogP contribution is -2.57. The van der Waals surface area contributed by atoms with Crippen molar-refractivity contribution >= 4 is 15.9 Å². The lowest BCUT2D eigenvalue weighted by molar-refractivity contribution is -0.130. The molecule has 4 bridgehead atoms. The van der Waals surface area contributed by atoms with Gasteiger partial charge in [-0.05, 0) is 68.6 Å². The Balaban J connectivity index is 1.18. The molecular formula is C20H30N4O4S. The van der Waals surface area contributed by atoms with Crippen LogP contribution in [0, 0.1) is 29.6 Å². The second kappa shape index (κ2) is 7.27. The molecule has 1 aromatic heterocycles. The van der Waals surface area contributed by atoms with Crippen molar-refractivity contribution in [2.75, 3.05) is 20.2 Å². The van der Waals surface area contributed by atoms with Crippen LogP contribution in [0.15, 0.2) is 17.6 Å². The maximum absolute atomic E-state index is 12.9. The normalized spacial score (nSPS) is 35.0. The molecule has 160 valence electrons. The maximum Gasteiger partial charge on any atom is 0.262 e. The molecule has 4 saturated carbocycles. The Bertz CT molecular complexity index is 847.